The summed E-state index contributed by atoms with van der Waals surface area (Å²) in [4.78, 5) is 214. The Bertz CT molecular complexity index is 3920. The lowest BCUT2D eigenvalue weighted by atomic mass is 9.85. The van der Waals surface area contributed by atoms with Gasteiger partial charge in [-0.2, -0.15) is 0 Å². The molecule has 1 unspecified atom stereocenters. The lowest BCUT2D eigenvalue weighted by molar-refractivity contribution is -0.143. The minimum absolute atomic E-state index is 0.00661. The number of likely N-dealkylation sites (N-methyl/N-ethyl adjacent to an activating group) is 1. The maximum Gasteiger partial charge on any atom is 0.303 e. The Balaban J connectivity index is 1.25. The van der Waals surface area contributed by atoms with Gasteiger partial charge in [0.15, 0.2) is 0 Å². The van der Waals surface area contributed by atoms with Crippen molar-refractivity contribution in [3.8, 4) is 0 Å². The number of amides is 13. The van der Waals surface area contributed by atoms with Gasteiger partial charge in [-0.05, 0) is 94.0 Å². The predicted octanol–water partition coefficient (Wildman–Crippen LogP) is -1.62. The van der Waals surface area contributed by atoms with Crippen LogP contribution in [-0.4, -0.2) is 216 Å². The number of aliphatic hydroxyl groups is 1. The van der Waals surface area contributed by atoms with Crippen LogP contribution >= 0.6 is 0 Å². The largest absolute Gasteiger partial charge is 0.481 e. The van der Waals surface area contributed by atoms with Gasteiger partial charge in [0.1, 0.15) is 59.9 Å². The summed E-state index contributed by atoms with van der Waals surface area (Å²) in [6.07, 6.45) is 2.07. The second kappa shape index (κ2) is 38.1. The zero-order chi connectivity index (χ0) is 76.8. The molecule has 11 atom stereocenters. The number of fused-ring (bicyclic) bond motifs is 36. The molecule has 0 spiro atoms. The van der Waals surface area contributed by atoms with Crippen LogP contribution in [0.25, 0.3) is 21.8 Å². The van der Waals surface area contributed by atoms with E-state index >= 15 is 4.79 Å². The third-order valence-electron chi connectivity index (χ3n) is 18.6. The van der Waals surface area contributed by atoms with Crippen molar-refractivity contribution < 1.29 is 77.3 Å². The van der Waals surface area contributed by atoms with Crippen molar-refractivity contribution in [1.29, 1.82) is 0 Å². The van der Waals surface area contributed by atoms with E-state index in [4.69, 9.17) is 5.73 Å². The number of nitrogens with one attached hydrogen (secondary N) is 15. The Morgan fingerprint density at radius 2 is 1.18 bits per heavy atom. The summed E-state index contributed by atoms with van der Waals surface area (Å²) < 4.78 is 0. The lowest BCUT2D eigenvalue weighted by Gasteiger charge is -2.42. The zero-order valence-corrected chi connectivity index (χ0v) is 60.3. The summed E-state index contributed by atoms with van der Waals surface area (Å²) >= 11 is 0. The molecule has 2 bridgehead atoms. The number of nitrogens with zero attached hydrogens (tertiary/aromatic N) is 2. The predicted molar refractivity (Wildman–Crippen MR) is 383 cm³/mol. The normalized spacial score (nSPS) is 24.6. The third-order valence-corrected chi connectivity index (χ3v) is 18.6. The quantitative estimate of drug-likeness (QED) is 0.0390. The van der Waals surface area contributed by atoms with Gasteiger partial charge in [-0.1, -0.05) is 84.4 Å². The number of carboxylic acids is 1. The molecular weight excluding hydrogens is 1360 g/mol. The van der Waals surface area contributed by atoms with Gasteiger partial charge in [0, 0.05) is 85.6 Å². The van der Waals surface area contributed by atoms with E-state index in [1.807, 2.05) is 6.07 Å². The number of aromatic nitrogens is 4. The highest BCUT2D eigenvalue weighted by Crippen LogP contribution is 2.27. The molecule has 570 valence electrons. The minimum atomic E-state index is -1.97. The number of imidazole rings is 1. The van der Waals surface area contributed by atoms with Crippen LogP contribution in [0.3, 0.4) is 0 Å². The number of aliphatic carboxylic acids is 1. The van der Waals surface area contributed by atoms with Gasteiger partial charge in [-0.15, -0.1) is 0 Å². The molecule has 3 aromatic heterocycles. The monoisotopic (exact) mass is 1460 g/mol. The number of primary amides is 1. The maximum atomic E-state index is 15.2. The highest BCUT2D eigenvalue weighted by atomic mass is 16.4. The minimum Gasteiger partial charge on any atom is -0.481 e. The topological polar surface area (TPSA) is 513 Å². The lowest BCUT2D eigenvalue weighted by Crippen LogP contribution is -2.68. The molecule has 105 heavy (non-hydrogen) atoms. The highest BCUT2D eigenvalue weighted by molar-refractivity contribution is 6.01. The van der Waals surface area contributed by atoms with Crippen molar-refractivity contribution in [1.82, 2.24) is 88.6 Å². The van der Waals surface area contributed by atoms with Crippen LogP contribution < -0.4 is 69.5 Å². The number of carbonyl (C=O) groups is 14. The van der Waals surface area contributed by atoms with E-state index in [-0.39, 0.29) is 89.8 Å². The van der Waals surface area contributed by atoms with E-state index in [0.29, 0.717) is 38.6 Å². The van der Waals surface area contributed by atoms with Crippen molar-refractivity contribution in [2.75, 3.05) is 26.2 Å². The average Bonchev–Trinajstić information content (AvgIpc) is 1.11. The van der Waals surface area contributed by atoms with Gasteiger partial charge < -0.3 is 99.6 Å². The van der Waals surface area contributed by atoms with Crippen LogP contribution in [0.1, 0.15) is 130 Å². The smallest absolute Gasteiger partial charge is 0.303 e. The number of hydrogen-bond donors (Lipinski definition) is 18. The van der Waals surface area contributed by atoms with Crippen molar-refractivity contribution in [2.45, 2.75) is 205 Å². The van der Waals surface area contributed by atoms with Gasteiger partial charge in [0.25, 0.3) is 0 Å². The second-order valence-electron chi connectivity index (χ2n) is 27.5. The maximum absolute atomic E-state index is 15.2. The van der Waals surface area contributed by atoms with Crippen molar-refractivity contribution in [3.63, 3.8) is 0 Å². The van der Waals surface area contributed by atoms with Gasteiger partial charge in [-0.3, -0.25) is 67.1 Å². The summed E-state index contributed by atoms with van der Waals surface area (Å²) in [6, 6.07) is -0.0560. The molecule has 3 aliphatic heterocycles. The number of para-hydroxylation sites is 2. The third kappa shape index (κ3) is 22.9. The Morgan fingerprint density at radius 1 is 0.638 bits per heavy atom. The van der Waals surface area contributed by atoms with Gasteiger partial charge >= 0.3 is 5.97 Å². The fourth-order valence-corrected chi connectivity index (χ4v) is 12.7. The zero-order valence-electron chi connectivity index (χ0n) is 60.3. The van der Waals surface area contributed by atoms with Crippen molar-refractivity contribution >= 4 is 105 Å². The second-order valence-corrected chi connectivity index (χ2v) is 27.5. The number of piperidine rings is 1. The Labute approximate surface area is 606 Å². The van der Waals surface area contributed by atoms with E-state index in [2.05, 4.69) is 83.7 Å². The number of aliphatic hydroxyl groups excluding tert-OH is 1. The first-order valence-electron chi connectivity index (χ1n) is 35.5. The molecule has 6 heterocycles. The molecule has 8 rings (SSSR count). The fraction of sp³-hybridized carbons (Fsp3) is 0.535. The molecule has 13 amide bonds. The highest BCUT2D eigenvalue weighted by Gasteiger charge is 2.47. The summed E-state index contributed by atoms with van der Waals surface area (Å²) in [5, 5.41) is 53.9. The number of rotatable bonds is 20. The Morgan fingerprint density at radius 3 is 1.73 bits per heavy atom. The van der Waals surface area contributed by atoms with Crippen LogP contribution in [0.4, 0.5) is 0 Å². The van der Waals surface area contributed by atoms with Crippen LogP contribution in [-0.2, 0) is 86.4 Å². The van der Waals surface area contributed by atoms with E-state index in [1.165, 1.54) is 31.3 Å². The first-order valence-corrected chi connectivity index (χ1v) is 35.5. The summed E-state index contributed by atoms with van der Waals surface area (Å²) in [6.45, 7) is 11.8. The molecule has 5 aromatic rings. The fourth-order valence-electron chi connectivity index (χ4n) is 12.7. The molecule has 0 saturated carbocycles. The summed E-state index contributed by atoms with van der Waals surface area (Å²) in [7, 11) is 0. The molecule has 0 radical (unpaired) electrons. The van der Waals surface area contributed by atoms with Crippen molar-refractivity contribution in [3.05, 3.63) is 90.3 Å². The number of aromatic amines is 3. The summed E-state index contributed by atoms with van der Waals surface area (Å²) in [5.74, 6) is -13.7. The Kier molecular flexibility index (Phi) is 29.6. The molecule has 34 nitrogen and oxygen atoms in total. The van der Waals surface area contributed by atoms with Crippen LogP contribution in [0.15, 0.2) is 73.4 Å². The Hall–Kier alpha value is -10.8. The molecule has 0 aliphatic carbocycles. The van der Waals surface area contributed by atoms with E-state index in [9.17, 15) is 72.5 Å². The molecule has 34 heteroatoms. The van der Waals surface area contributed by atoms with Crippen LogP contribution in [0, 0.1) is 11.8 Å². The van der Waals surface area contributed by atoms with Gasteiger partial charge in [0.05, 0.1) is 30.7 Å². The number of carbonyl (C=O) groups excluding carboxylic acids is 13. The molecule has 3 fully saturated rings. The summed E-state index contributed by atoms with van der Waals surface area (Å²) in [5.41, 5.74) is 6.49. The van der Waals surface area contributed by atoms with Gasteiger partial charge in [0.2, 0.25) is 76.8 Å². The van der Waals surface area contributed by atoms with Gasteiger partial charge in [-0.25, -0.2) is 4.98 Å². The molecule has 2 aromatic carbocycles. The first kappa shape index (κ1) is 81.5. The number of H-pyrrole nitrogens is 3. The SMILES string of the molecule is CCC[C@@H]1NC(=O)[C@H](CCC(=O)O)NC(=O)CNC(=O)[C@H](CC(C)C)NC(=O)[C@H](Cc2c[nH]cn2)NC(=O)[C@H](Cc2c[nH]c3ccccc23)NC(=O)[C@H](C)NC(=O)[C@@H](NCC)CCC(=O)N2CCC(C(=O)N[C@H](C(N)=O)C(C)O)(CC2)NC(=O)[C@H](Cc2c[nH]c3ccccc23)NC(=O)[C@H](C(C)C)NC1=O. The van der Waals surface area contributed by atoms with E-state index in [1.54, 1.807) is 96.4 Å². The van der Waals surface area contributed by atoms with Crippen LogP contribution in [0.5, 0.6) is 0 Å². The molecule has 3 aliphatic rings. The molecule has 19 N–H and O–H groups in total. The van der Waals surface area contributed by atoms with Crippen molar-refractivity contribution in [2.24, 2.45) is 17.6 Å². The number of hydrogen-bond acceptors (Lipinski definition) is 17. The first-order chi connectivity index (χ1) is 49.9. The number of carboxylic acid groups (broad SMARTS) is 1. The molecular formula is C71H100N18O16. The van der Waals surface area contributed by atoms with E-state index < -0.39 is 180 Å². The average molecular weight is 1460 g/mol. The number of benzene rings is 2. The van der Waals surface area contributed by atoms with Crippen LogP contribution in [0.2, 0.25) is 0 Å². The number of nitrogens with two attached hydrogens (primary N) is 1. The van der Waals surface area contributed by atoms with E-state index in [0.717, 1.165) is 0 Å². The standard InChI is InChI=1S/C71H100N18O16/c1-9-15-49-65(100)86-58(38(5)6)69(104)85-53(30-42-33-76-47-19-14-12-17-45(42)47)68(103)88-71(70(105)87-59(40(8)90)60(72)95)24-26-89(27-25-71)56(92)22-20-48(74-10-2)63(98)79-39(7)61(96)82-52(29-41-32-75-46-18-13-11-16-44(41)46)66(101)84-54(31-43-34-73-36-78-43)67(102)83-51(28-37(3)4)62(97)77-35-55(91)80-50(64(99)81-49)21-23-57(93)94/h11-14,16-19,32-34,36-40,48-54,58-59,74-76,90H,9-10,15,20-31,35H2,1-8H3,(H2,72,95)(H,73,78)(H,77,97)(H,79,98)(H,80,91)(H,81,99)(H,82,96)(H,83,102)(H,84,101)(H,85,104)(H,86,100)(H,87,105)(H,88,103)(H,93,94)/t39-,40?,48-,49-,50-,51-,52-,53-,54-,58-,59-/m0/s1. The molecule has 3 saturated heterocycles.